The number of H-pyrrole nitrogens is 1. The summed E-state index contributed by atoms with van der Waals surface area (Å²) in [4.78, 5) is 30.0. The number of nitrogens with one attached hydrogen (secondary N) is 1. The second-order valence-corrected chi connectivity index (χ2v) is 9.90. The predicted octanol–water partition coefficient (Wildman–Crippen LogP) is 2.22. The molecule has 1 fully saturated rings. The number of aromatic amines is 1. The molecule has 1 N–H and O–H groups in total. The molecule has 1 aromatic heterocycles. The lowest BCUT2D eigenvalue weighted by Crippen LogP contribution is -2.49. The Morgan fingerprint density at radius 2 is 1.68 bits per heavy atom. The number of piperazine rings is 1. The van der Waals surface area contributed by atoms with Crippen molar-refractivity contribution in [2.24, 2.45) is 0 Å². The van der Waals surface area contributed by atoms with Crippen LogP contribution in [-0.2, 0) is 14.8 Å². The van der Waals surface area contributed by atoms with Crippen molar-refractivity contribution in [1.29, 1.82) is 0 Å². The molecule has 1 aliphatic rings. The number of carbonyl (C=O) groups is 2. The number of ether oxygens (including phenoxy) is 1. The van der Waals surface area contributed by atoms with E-state index in [1.807, 2.05) is 24.8 Å². The molecule has 168 valence electrons. The van der Waals surface area contributed by atoms with Gasteiger partial charge in [-0.1, -0.05) is 6.07 Å². The molecule has 2 aromatic rings. The van der Waals surface area contributed by atoms with E-state index < -0.39 is 16.0 Å². The number of aryl methyl sites for hydroxylation is 3. The Hall–Kier alpha value is -2.49. The molecule has 0 spiro atoms. The molecular formula is C22H29N3O5S. The molecule has 0 radical (unpaired) electrons. The summed E-state index contributed by atoms with van der Waals surface area (Å²) in [5, 5.41) is 0. The second kappa shape index (κ2) is 8.94. The number of nitrogens with zero attached hydrogens (tertiary/aromatic N) is 2. The number of hydrogen-bond donors (Lipinski definition) is 1. The molecule has 3 rings (SSSR count). The molecule has 1 aromatic carbocycles. The topological polar surface area (TPSA) is 99.8 Å². The van der Waals surface area contributed by atoms with E-state index in [0.717, 1.165) is 11.1 Å². The lowest BCUT2D eigenvalue weighted by Gasteiger charge is -2.33. The lowest BCUT2D eigenvalue weighted by molar-refractivity contribution is 0.0599. The zero-order valence-electron chi connectivity index (χ0n) is 18.6. The maximum absolute atomic E-state index is 13.0. The smallest absolute Gasteiger partial charge is 0.339 e. The summed E-state index contributed by atoms with van der Waals surface area (Å²) in [5.41, 5.74) is 3.93. The molecule has 0 unspecified atom stereocenters. The Bertz CT molecular complexity index is 1110. The van der Waals surface area contributed by atoms with Gasteiger partial charge in [0.05, 0.1) is 29.8 Å². The van der Waals surface area contributed by atoms with Crippen LogP contribution in [0.25, 0.3) is 0 Å². The Morgan fingerprint density at radius 3 is 2.26 bits per heavy atom. The predicted molar refractivity (Wildman–Crippen MR) is 117 cm³/mol. The first-order valence-corrected chi connectivity index (χ1v) is 11.6. The maximum Gasteiger partial charge on any atom is 0.339 e. The summed E-state index contributed by atoms with van der Waals surface area (Å²) < 4.78 is 32.2. The average molecular weight is 448 g/mol. The molecule has 0 amide bonds. The van der Waals surface area contributed by atoms with E-state index in [-0.39, 0.29) is 12.3 Å². The third-order valence-corrected chi connectivity index (χ3v) is 7.82. The van der Waals surface area contributed by atoms with E-state index >= 15 is 0 Å². The van der Waals surface area contributed by atoms with E-state index in [1.165, 1.54) is 11.4 Å². The molecule has 0 saturated carbocycles. The first-order chi connectivity index (χ1) is 14.6. The molecule has 2 heterocycles. The highest BCUT2D eigenvalue weighted by Crippen LogP contribution is 2.22. The lowest BCUT2D eigenvalue weighted by atomic mass is 10.1. The average Bonchev–Trinajstić information content (AvgIpc) is 3.04. The summed E-state index contributed by atoms with van der Waals surface area (Å²) in [7, 11) is -2.26. The van der Waals surface area contributed by atoms with Gasteiger partial charge >= 0.3 is 5.97 Å². The van der Waals surface area contributed by atoms with Crippen molar-refractivity contribution in [2.75, 3.05) is 39.8 Å². The first-order valence-electron chi connectivity index (χ1n) is 10.2. The van der Waals surface area contributed by atoms with Crippen molar-refractivity contribution < 1.29 is 22.7 Å². The van der Waals surface area contributed by atoms with Gasteiger partial charge in [0.1, 0.15) is 0 Å². The quantitative estimate of drug-likeness (QED) is 0.538. The maximum atomic E-state index is 13.0. The number of Topliss-reactive ketones (excluding diaryl/α,β-unsaturated/α-hetero) is 1. The van der Waals surface area contributed by atoms with Gasteiger partial charge in [-0.15, -0.1) is 0 Å². The van der Waals surface area contributed by atoms with Gasteiger partial charge in [0, 0.05) is 31.9 Å². The highest BCUT2D eigenvalue weighted by molar-refractivity contribution is 7.89. The minimum absolute atomic E-state index is 0.138. The fourth-order valence-corrected chi connectivity index (χ4v) is 5.38. The van der Waals surface area contributed by atoms with Crippen molar-refractivity contribution in [3.8, 4) is 0 Å². The number of carbonyl (C=O) groups excluding carboxylic acids is 2. The van der Waals surface area contributed by atoms with Crippen LogP contribution in [0, 0.1) is 27.7 Å². The van der Waals surface area contributed by atoms with E-state index in [9.17, 15) is 18.0 Å². The molecule has 1 saturated heterocycles. The highest BCUT2D eigenvalue weighted by Gasteiger charge is 2.30. The van der Waals surface area contributed by atoms with Crippen molar-refractivity contribution in [1.82, 2.24) is 14.2 Å². The highest BCUT2D eigenvalue weighted by atomic mass is 32.2. The number of hydrogen-bond acceptors (Lipinski definition) is 6. The molecule has 1 aliphatic heterocycles. The molecule has 0 aliphatic carbocycles. The van der Waals surface area contributed by atoms with Crippen LogP contribution in [0.2, 0.25) is 0 Å². The first kappa shape index (κ1) is 23.2. The molecular weight excluding hydrogens is 418 g/mol. The van der Waals surface area contributed by atoms with Crippen LogP contribution in [-0.4, -0.2) is 74.2 Å². The third-order valence-electron chi connectivity index (χ3n) is 5.92. The van der Waals surface area contributed by atoms with E-state index in [2.05, 4.69) is 4.98 Å². The minimum atomic E-state index is -3.56. The second-order valence-electron chi connectivity index (χ2n) is 7.97. The number of sulfonamides is 1. The van der Waals surface area contributed by atoms with Crippen molar-refractivity contribution in [3.63, 3.8) is 0 Å². The van der Waals surface area contributed by atoms with Crippen LogP contribution < -0.4 is 0 Å². The standard InChI is InChI=1S/C22H29N3O5S/c1-14-6-7-18(12-15(14)2)31(28,29)25-10-8-24(9-11-25)13-19(26)21-16(3)20(17(4)23-21)22(27)30-5/h6-7,12,23H,8-11,13H2,1-5H3. The minimum Gasteiger partial charge on any atom is -0.465 e. The molecule has 0 atom stereocenters. The Balaban J connectivity index is 1.66. The number of rotatable bonds is 6. The number of aromatic nitrogens is 1. The number of ketones is 1. The largest absolute Gasteiger partial charge is 0.465 e. The van der Waals surface area contributed by atoms with Crippen LogP contribution in [0.1, 0.15) is 43.2 Å². The van der Waals surface area contributed by atoms with Gasteiger partial charge in [0.2, 0.25) is 10.0 Å². The van der Waals surface area contributed by atoms with Crippen LogP contribution in [0.5, 0.6) is 0 Å². The number of methoxy groups -OCH3 is 1. The van der Waals surface area contributed by atoms with Crippen LogP contribution >= 0.6 is 0 Å². The van der Waals surface area contributed by atoms with Crippen molar-refractivity contribution >= 4 is 21.8 Å². The monoisotopic (exact) mass is 447 g/mol. The zero-order chi connectivity index (χ0) is 22.9. The van der Waals surface area contributed by atoms with E-state index in [4.69, 9.17) is 4.74 Å². The van der Waals surface area contributed by atoms with Crippen LogP contribution in [0.3, 0.4) is 0 Å². The fourth-order valence-electron chi connectivity index (χ4n) is 3.87. The van der Waals surface area contributed by atoms with Gasteiger partial charge in [-0.05, 0) is 56.5 Å². The van der Waals surface area contributed by atoms with Gasteiger partial charge in [-0.3, -0.25) is 9.69 Å². The van der Waals surface area contributed by atoms with Gasteiger partial charge in [0.15, 0.2) is 5.78 Å². The van der Waals surface area contributed by atoms with Gasteiger partial charge < -0.3 is 9.72 Å². The number of esters is 1. The van der Waals surface area contributed by atoms with Gasteiger partial charge in [0.25, 0.3) is 0 Å². The summed E-state index contributed by atoms with van der Waals surface area (Å²) in [6.45, 7) is 8.99. The Kier molecular flexibility index (Phi) is 6.68. The Morgan fingerprint density at radius 1 is 1.03 bits per heavy atom. The molecule has 31 heavy (non-hydrogen) atoms. The molecule has 8 nitrogen and oxygen atoms in total. The van der Waals surface area contributed by atoms with Gasteiger partial charge in [-0.2, -0.15) is 4.31 Å². The van der Waals surface area contributed by atoms with Crippen LogP contribution in [0.4, 0.5) is 0 Å². The summed E-state index contributed by atoms with van der Waals surface area (Å²) in [6, 6.07) is 5.17. The summed E-state index contributed by atoms with van der Waals surface area (Å²) in [5.74, 6) is -0.614. The normalized spacial score (nSPS) is 15.8. The Labute approximate surface area is 183 Å². The third kappa shape index (κ3) is 4.58. The van der Waals surface area contributed by atoms with E-state index in [1.54, 1.807) is 26.0 Å². The molecule has 9 heteroatoms. The zero-order valence-corrected chi connectivity index (χ0v) is 19.4. The van der Waals surface area contributed by atoms with Crippen molar-refractivity contribution in [3.05, 3.63) is 51.8 Å². The SMILES string of the molecule is COC(=O)c1c(C)[nH]c(C(=O)CN2CCN(S(=O)(=O)c3ccc(C)c(C)c3)CC2)c1C. The summed E-state index contributed by atoms with van der Waals surface area (Å²) in [6.07, 6.45) is 0. The number of benzene rings is 1. The van der Waals surface area contributed by atoms with Gasteiger partial charge in [-0.25, -0.2) is 13.2 Å². The van der Waals surface area contributed by atoms with Crippen LogP contribution in [0.15, 0.2) is 23.1 Å². The molecule has 0 bridgehead atoms. The summed E-state index contributed by atoms with van der Waals surface area (Å²) >= 11 is 0. The van der Waals surface area contributed by atoms with E-state index in [0.29, 0.717) is 53.6 Å². The fraction of sp³-hybridized carbons (Fsp3) is 0.455. The van der Waals surface area contributed by atoms with Crippen molar-refractivity contribution in [2.45, 2.75) is 32.6 Å².